The minimum Gasteiger partial charge on any atom is -0.444 e. The maximum atomic E-state index is 13.7. The van der Waals surface area contributed by atoms with Gasteiger partial charge in [0.1, 0.15) is 17.7 Å². The van der Waals surface area contributed by atoms with Gasteiger partial charge in [-0.3, -0.25) is 9.59 Å². The molecule has 0 aliphatic carbocycles. The normalized spacial score (nSPS) is 13.0. The van der Waals surface area contributed by atoms with Crippen molar-refractivity contribution in [3.8, 4) is 0 Å². The largest absolute Gasteiger partial charge is 0.444 e. The summed E-state index contributed by atoms with van der Waals surface area (Å²) in [5.41, 5.74) is 2.57. The van der Waals surface area contributed by atoms with Crippen LogP contribution >= 0.6 is 0 Å². The topological polar surface area (TPSA) is 108 Å². The second kappa shape index (κ2) is 12.5. The number of hydrogen-bond donors (Lipinski definition) is 3. The highest BCUT2D eigenvalue weighted by molar-refractivity contribution is 5.92. The molecule has 0 saturated carbocycles. The van der Waals surface area contributed by atoms with Crippen LogP contribution < -0.4 is 10.6 Å². The summed E-state index contributed by atoms with van der Waals surface area (Å²) in [6.45, 7) is 12.1. The highest BCUT2D eigenvalue weighted by atomic mass is 16.6. The SMILES string of the molecule is Cc1cccc(C)c1C(C(=O)NCc1ccccc1)N(C(=O)C(CO)NC(=O)OC(C)(C)C)C(C)C. The highest BCUT2D eigenvalue weighted by Gasteiger charge is 2.38. The molecule has 0 radical (unpaired) electrons. The number of nitrogens with zero attached hydrogens (tertiary/aromatic N) is 1. The summed E-state index contributed by atoms with van der Waals surface area (Å²) in [5, 5.41) is 15.4. The zero-order valence-electron chi connectivity index (χ0n) is 22.3. The van der Waals surface area contributed by atoms with Crippen LogP contribution in [0, 0.1) is 13.8 Å². The Bertz CT molecular complexity index is 1030. The van der Waals surface area contributed by atoms with Crippen LogP contribution in [-0.4, -0.2) is 52.2 Å². The molecule has 8 nitrogen and oxygen atoms in total. The minimum atomic E-state index is -1.28. The lowest BCUT2D eigenvalue weighted by Crippen LogP contribution is -2.56. The summed E-state index contributed by atoms with van der Waals surface area (Å²) in [4.78, 5) is 41.3. The number of hydrogen-bond acceptors (Lipinski definition) is 5. The summed E-state index contributed by atoms with van der Waals surface area (Å²) in [6, 6.07) is 12.5. The molecule has 0 bridgehead atoms. The molecule has 2 aromatic rings. The number of aliphatic hydroxyl groups is 1. The maximum Gasteiger partial charge on any atom is 0.408 e. The van der Waals surface area contributed by atoms with Crippen molar-refractivity contribution in [2.45, 2.75) is 78.7 Å². The first-order valence-electron chi connectivity index (χ1n) is 12.2. The van der Waals surface area contributed by atoms with Crippen molar-refractivity contribution in [2.24, 2.45) is 0 Å². The Labute approximate surface area is 214 Å². The summed E-state index contributed by atoms with van der Waals surface area (Å²) < 4.78 is 5.27. The Kier molecular flexibility index (Phi) is 10.0. The van der Waals surface area contributed by atoms with Gasteiger partial charge in [-0.25, -0.2) is 4.79 Å². The van der Waals surface area contributed by atoms with Gasteiger partial charge in [-0.05, 0) is 70.7 Å². The third-order valence-corrected chi connectivity index (χ3v) is 5.63. The zero-order valence-corrected chi connectivity index (χ0v) is 22.3. The minimum absolute atomic E-state index is 0.292. The monoisotopic (exact) mass is 497 g/mol. The fraction of sp³-hybridized carbons (Fsp3) is 0.464. The first-order valence-corrected chi connectivity index (χ1v) is 12.2. The molecule has 3 amide bonds. The van der Waals surface area contributed by atoms with Crippen LogP contribution in [0.3, 0.4) is 0 Å². The van der Waals surface area contributed by atoms with Gasteiger partial charge in [-0.2, -0.15) is 0 Å². The fourth-order valence-electron chi connectivity index (χ4n) is 4.03. The quantitative estimate of drug-likeness (QED) is 0.489. The third kappa shape index (κ3) is 7.81. The first-order chi connectivity index (χ1) is 16.9. The molecular weight excluding hydrogens is 458 g/mol. The molecule has 0 spiro atoms. The number of aliphatic hydroxyl groups excluding tert-OH is 1. The van der Waals surface area contributed by atoms with Gasteiger partial charge in [0, 0.05) is 12.6 Å². The Morgan fingerprint density at radius 2 is 1.56 bits per heavy atom. The van der Waals surface area contributed by atoms with E-state index in [1.165, 1.54) is 4.90 Å². The van der Waals surface area contributed by atoms with Crippen molar-refractivity contribution in [3.05, 3.63) is 70.8 Å². The average molecular weight is 498 g/mol. The molecule has 8 heteroatoms. The van der Waals surface area contributed by atoms with E-state index in [0.29, 0.717) is 12.1 Å². The van der Waals surface area contributed by atoms with E-state index in [4.69, 9.17) is 4.74 Å². The van der Waals surface area contributed by atoms with Crippen molar-refractivity contribution in [3.63, 3.8) is 0 Å². The van der Waals surface area contributed by atoms with Gasteiger partial charge in [0.15, 0.2) is 0 Å². The molecule has 0 fully saturated rings. The third-order valence-electron chi connectivity index (χ3n) is 5.63. The molecule has 2 unspecified atom stereocenters. The van der Waals surface area contributed by atoms with Crippen molar-refractivity contribution in [1.29, 1.82) is 0 Å². The van der Waals surface area contributed by atoms with Gasteiger partial charge < -0.3 is 25.4 Å². The van der Waals surface area contributed by atoms with E-state index in [2.05, 4.69) is 10.6 Å². The molecule has 36 heavy (non-hydrogen) atoms. The van der Waals surface area contributed by atoms with Crippen LogP contribution in [-0.2, 0) is 20.9 Å². The van der Waals surface area contributed by atoms with Crippen LogP contribution in [0.1, 0.15) is 62.9 Å². The van der Waals surface area contributed by atoms with Crippen molar-refractivity contribution in [2.75, 3.05) is 6.61 Å². The van der Waals surface area contributed by atoms with E-state index in [1.807, 2.05) is 62.4 Å². The summed E-state index contributed by atoms with van der Waals surface area (Å²) in [7, 11) is 0. The molecule has 2 aromatic carbocycles. The van der Waals surface area contributed by atoms with E-state index in [-0.39, 0.29) is 5.91 Å². The first kappa shape index (κ1) is 28.8. The number of nitrogens with one attached hydrogen (secondary N) is 2. The lowest BCUT2D eigenvalue weighted by Gasteiger charge is -2.38. The standard InChI is InChI=1S/C28H39N3O5/c1-18(2)31(26(34)22(17-32)30-27(35)36-28(5,6)7)24(23-19(3)12-11-13-20(23)4)25(33)29-16-21-14-9-8-10-15-21/h8-15,18,22,24,32H,16-17H2,1-7H3,(H,29,33)(H,30,35). The summed E-state index contributed by atoms with van der Waals surface area (Å²) in [6.07, 6.45) is -0.823. The Morgan fingerprint density at radius 1 is 0.972 bits per heavy atom. The number of rotatable bonds is 9. The maximum absolute atomic E-state index is 13.7. The molecule has 2 atom stereocenters. The highest BCUT2D eigenvalue weighted by Crippen LogP contribution is 2.30. The average Bonchev–Trinajstić information content (AvgIpc) is 2.79. The number of carbonyl (C=O) groups is 3. The number of benzene rings is 2. The van der Waals surface area contributed by atoms with Crippen LogP contribution in [0.25, 0.3) is 0 Å². The molecule has 0 aliphatic heterocycles. The van der Waals surface area contributed by atoms with Gasteiger partial charge >= 0.3 is 6.09 Å². The molecule has 0 aliphatic rings. The lowest BCUT2D eigenvalue weighted by molar-refractivity contribution is -0.145. The number of aryl methyl sites for hydroxylation is 2. The molecule has 2 rings (SSSR count). The second-order valence-corrected chi connectivity index (χ2v) is 10.1. The molecule has 196 valence electrons. The van der Waals surface area contributed by atoms with E-state index in [1.54, 1.807) is 34.6 Å². The van der Waals surface area contributed by atoms with Crippen LogP contribution in [0.4, 0.5) is 4.79 Å². The molecule has 0 heterocycles. The van der Waals surface area contributed by atoms with E-state index in [9.17, 15) is 19.5 Å². The van der Waals surface area contributed by atoms with Crippen molar-refractivity contribution >= 4 is 17.9 Å². The summed E-state index contributed by atoms with van der Waals surface area (Å²) >= 11 is 0. The predicted molar refractivity (Wildman–Crippen MR) is 139 cm³/mol. The second-order valence-electron chi connectivity index (χ2n) is 10.1. The number of carbonyl (C=O) groups excluding carboxylic acids is 3. The molecule has 3 N–H and O–H groups in total. The van der Waals surface area contributed by atoms with Gasteiger partial charge in [0.05, 0.1) is 6.61 Å². The Morgan fingerprint density at radius 3 is 2.06 bits per heavy atom. The molecular formula is C28H39N3O5. The zero-order chi connectivity index (χ0) is 27.0. The van der Waals surface area contributed by atoms with Crippen LogP contribution in [0.15, 0.2) is 48.5 Å². The van der Waals surface area contributed by atoms with Gasteiger partial charge in [-0.15, -0.1) is 0 Å². The van der Waals surface area contributed by atoms with Crippen LogP contribution in [0.5, 0.6) is 0 Å². The van der Waals surface area contributed by atoms with E-state index < -0.39 is 42.3 Å². The van der Waals surface area contributed by atoms with Gasteiger partial charge in [0.25, 0.3) is 0 Å². The number of alkyl carbamates (subject to hydrolysis) is 1. The molecule has 0 aromatic heterocycles. The van der Waals surface area contributed by atoms with E-state index in [0.717, 1.165) is 16.7 Å². The lowest BCUT2D eigenvalue weighted by atomic mass is 9.93. The van der Waals surface area contributed by atoms with Crippen LogP contribution in [0.2, 0.25) is 0 Å². The predicted octanol–water partition coefficient (Wildman–Crippen LogP) is 3.78. The van der Waals surface area contributed by atoms with Gasteiger partial charge in [0.2, 0.25) is 11.8 Å². The number of ether oxygens (including phenoxy) is 1. The molecule has 0 saturated heterocycles. The number of amides is 3. The summed E-state index contributed by atoms with van der Waals surface area (Å²) in [5.74, 6) is -0.937. The van der Waals surface area contributed by atoms with Gasteiger partial charge in [-0.1, -0.05) is 48.5 Å². The Hall–Kier alpha value is -3.39. The van der Waals surface area contributed by atoms with Crippen molar-refractivity contribution in [1.82, 2.24) is 15.5 Å². The fourth-order valence-corrected chi connectivity index (χ4v) is 4.03. The Balaban J connectivity index is 2.45. The van der Waals surface area contributed by atoms with Crippen molar-refractivity contribution < 1.29 is 24.2 Å². The van der Waals surface area contributed by atoms with E-state index >= 15 is 0 Å². The smallest absolute Gasteiger partial charge is 0.408 e.